The molecule has 6 nitrogen and oxygen atoms in total. The van der Waals surface area contributed by atoms with Gasteiger partial charge in [0.05, 0.1) is 5.75 Å². The van der Waals surface area contributed by atoms with Crippen molar-refractivity contribution in [2.75, 3.05) is 25.9 Å². The summed E-state index contributed by atoms with van der Waals surface area (Å²) in [5.41, 5.74) is 6.48. The molecule has 1 heterocycles. The molecule has 1 aromatic carbocycles. The number of carbonyl (C=O) groups is 1. The molecular formula is C16H25N3O3S. The van der Waals surface area contributed by atoms with Gasteiger partial charge in [0.1, 0.15) is 6.04 Å². The molecule has 1 saturated heterocycles. The summed E-state index contributed by atoms with van der Waals surface area (Å²) >= 11 is 0. The molecule has 128 valence electrons. The van der Waals surface area contributed by atoms with E-state index in [1.807, 2.05) is 35.2 Å². The number of benzene rings is 1. The molecule has 0 saturated carbocycles. The van der Waals surface area contributed by atoms with Crippen molar-refractivity contribution in [2.45, 2.75) is 31.8 Å². The fraction of sp³-hybridized carbons (Fsp3) is 0.562. The van der Waals surface area contributed by atoms with Crippen molar-refractivity contribution in [3.8, 4) is 0 Å². The van der Waals surface area contributed by atoms with Gasteiger partial charge in [-0.1, -0.05) is 30.3 Å². The molecule has 2 rings (SSSR count). The minimum Gasteiger partial charge on any atom is -0.368 e. The number of likely N-dealkylation sites (tertiary alicyclic amines) is 1. The van der Waals surface area contributed by atoms with E-state index in [1.165, 1.54) is 4.31 Å². The fourth-order valence-corrected chi connectivity index (χ4v) is 4.20. The van der Waals surface area contributed by atoms with Gasteiger partial charge in [0.25, 0.3) is 0 Å². The zero-order valence-corrected chi connectivity index (χ0v) is 14.5. The first-order valence-electron chi connectivity index (χ1n) is 7.91. The van der Waals surface area contributed by atoms with Crippen molar-refractivity contribution in [2.24, 2.45) is 5.73 Å². The Kier molecular flexibility index (Phi) is 5.78. The van der Waals surface area contributed by atoms with E-state index in [4.69, 9.17) is 5.73 Å². The summed E-state index contributed by atoms with van der Waals surface area (Å²) < 4.78 is 25.4. The van der Waals surface area contributed by atoms with Gasteiger partial charge in [-0.3, -0.25) is 9.69 Å². The summed E-state index contributed by atoms with van der Waals surface area (Å²) in [5, 5.41) is 0. The van der Waals surface area contributed by atoms with Gasteiger partial charge in [-0.2, -0.15) is 0 Å². The van der Waals surface area contributed by atoms with E-state index in [0.717, 1.165) is 5.56 Å². The zero-order valence-electron chi connectivity index (χ0n) is 13.7. The fourth-order valence-electron chi connectivity index (χ4n) is 3.13. The summed E-state index contributed by atoms with van der Waals surface area (Å²) in [6, 6.07) is 9.01. The highest BCUT2D eigenvalue weighted by molar-refractivity contribution is 7.89. The number of hydrogen-bond acceptors (Lipinski definition) is 4. The van der Waals surface area contributed by atoms with E-state index < -0.39 is 16.1 Å². The smallest absolute Gasteiger partial charge is 0.239 e. The van der Waals surface area contributed by atoms with Crippen LogP contribution >= 0.6 is 0 Å². The lowest BCUT2D eigenvalue weighted by molar-refractivity contribution is -0.124. The third kappa shape index (κ3) is 4.10. The monoisotopic (exact) mass is 339 g/mol. The lowest BCUT2D eigenvalue weighted by Gasteiger charge is -2.39. The Labute approximate surface area is 138 Å². The molecule has 1 fully saturated rings. The van der Waals surface area contributed by atoms with Crippen molar-refractivity contribution in [1.29, 1.82) is 0 Å². The molecule has 0 bridgehead atoms. The zero-order chi connectivity index (χ0) is 17.0. The third-order valence-corrected chi connectivity index (χ3v) is 6.47. The van der Waals surface area contributed by atoms with Crippen molar-refractivity contribution in [3.05, 3.63) is 35.9 Å². The van der Waals surface area contributed by atoms with E-state index in [9.17, 15) is 13.2 Å². The van der Waals surface area contributed by atoms with Gasteiger partial charge in [-0.05, 0) is 25.3 Å². The number of primary amides is 1. The molecule has 23 heavy (non-hydrogen) atoms. The van der Waals surface area contributed by atoms with Gasteiger partial charge in [0.15, 0.2) is 0 Å². The molecule has 0 spiro atoms. The maximum Gasteiger partial charge on any atom is 0.239 e. The molecule has 0 unspecified atom stereocenters. The highest BCUT2D eigenvalue weighted by Gasteiger charge is 2.33. The van der Waals surface area contributed by atoms with Crippen LogP contribution in [0.15, 0.2) is 30.3 Å². The standard InChI is InChI=1S/C16H25N3O3S/c1-3-23(21,22)18(2)14-9-11-19(12-10-14)15(16(17)20)13-7-5-4-6-8-13/h4-8,14-15H,3,9-12H2,1-2H3,(H2,17,20)/t15-/m0/s1. The number of nitrogens with two attached hydrogens (primary N) is 1. The molecule has 1 atom stereocenters. The summed E-state index contributed by atoms with van der Waals surface area (Å²) in [5.74, 6) is -0.262. The van der Waals surface area contributed by atoms with Crippen molar-refractivity contribution in [3.63, 3.8) is 0 Å². The molecule has 1 aliphatic heterocycles. The summed E-state index contributed by atoms with van der Waals surface area (Å²) in [6.07, 6.45) is 1.40. The summed E-state index contributed by atoms with van der Waals surface area (Å²) in [4.78, 5) is 13.9. The Bertz CT molecular complexity index is 625. The van der Waals surface area contributed by atoms with Crippen LogP contribution in [0.4, 0.5) is 0 Å². The van der Waals surface area contributed by atoms with Crippen molar-refractivity contribution in [1.82, 2.24) is 9.21 Å². The van der Waals surface area contributed by atoms with Gasteiger partial charge in [-0.15, -0.1) is 0 Å². The minimum atomic E-state index is -3.18. The molecule has 7 heteroatoms. The Balaban J connectivity index is 2.07. The Hall–Kier alpha value is -1.44. The van der Waals surface area contributed by atoms with Crippen LogP contribution in [-0.2, 0) is 14.8 Å². The average Bonchev–Trinajstić information content (AvgIpc) is 2.55. The largest absolute Gasteiger partial charge is 0.368 e. The molecule has 0 radical (unpaired) electrons. The number of hydrogen-bond donors (Lipinski definition) is 1. The van der Waals surface area contributed by atoms with E-state index in [-0.39, 0.29) is 17.7 Å². The Morgan fingerprint density at radius 2 is 1.87 bits per heavy atom. The number of amides is 1. The molecule has 1 amide bonds. The number of sulfonamides is 1. The van der Waals surface area contributed by atoms with Gasteiger partial charge >= 0.3 is 0 Å². The van der Waals surface area contributed by atoms with Gasteiger partial charge in [0, 0.05) is 26.2 Å². The van der Waals surface area contributed by atoms with Gasteiger partial charge in [0.2, 0.25) is 15.9 Å². The van der Waals surface area contributed by atoms with Crippen LogP contribution in [0, 0.1) is 0 Å². The molecule has 1 aromatic rings. The quantitative estimate of drug-likeness (QED) is 0.837. The maximum absolute atomic E-state index is 12.0. The highest BCUT2D eigenvalue weighted by Crippen LogP contribution is 2.26. The maximum atomic E-state index is 12.0. The second-order valence-electron chi connectivity index (χ2n) is 5.90. The van der Waals surface area contributed by atoms with Crippen LogP contribution in [0.3, 0.4) is 0 Å². The predicted octanol–water partition coefficient (Wildman–Crippen LogP) is 0.959. The first kappa shape index (κ1) is 17.9. The van der Waals surface area contributed by atoms with E-state index in [1.54, 1.807) is 14.0 Å². The van der Waals surface area contributed by atoms with Crippen molar-refractivity contribution < 1.29 is 13.2 Å². The number of rotatable bonds is 6. The number of nitrogens with zero attached hydrogens (tertiary/aromatic N) is 2. The molecular weight excluding hydrogens is 314 g/mol. The van der Waals surface area contributed by atoms with Gasteiger partial charge in [-0.25, -0.2) is 12.7 Å². The topological polar surface area (TPSA) is 83.7 Å². The summed E-state index contributed by atoms with van der Waals surface area (Å²) in [7, 11) is -1.54. The first-order chi connectivity index (χ1) is 10.9. The van der Waals surface area contributed by atoms with E-state index >= 15 is 0 Å². The predicted molar refractivity (Wildman–Crippen MR) is 90.2 cm³/mol. The third-order valence-electron chi connectivity index (χ3n) is 4.57. The van der Waals surface area contributed by atoms with Crippen LogP contribution in [0.25, 0.3) is 0 Å². The van der Waals surface area contributed by atoms with Crippen LogP contribution in [0.2, 0.25) is 0 Å². The van der Waals surface area contributed by atoms with Crippen LogP contribution in [-0.4, -0.2) is 55.5 Å². The highest BCUT2D eigenvalue weighted by atomic mass is 32.2. The normalized spacial score (nSPS) is 18.9. The summed E-state index contributed by atoms with van der Waals surface area (Å²) in [6.45, 7) is 2.95. The lowest BCUT2D eigenvalue weighted by Crippen LogP contribution is -2.48. The van der Waals surface area contributed by atoms with Crippen LogP contribution in [0.5, 0.6) is 0 Å². The first-order valence-corrected chi connectivity index (χ1v) is 9.51. The Morgan fingerprint density at radius 1 is 1.30 bits per heavy atom. The lowest BCUT2D eigenvalue weighted by atomic mass is 9.99. The minimum absolute atomic E-state index is 0.0134. The van der Waals surface area contributed by atoms with E-state index in [2.05, 4.69) is 0 Å². The second kappa shape index (κ2) is 7.42. The SMILES string of the molecule is CCS(=O)(=O)N(C)C1CCN([C@H](C(N)=O)c2ccccc2)CC1. The van der Waals surface area contributed by atoms with Crippen LogP contribution in [0.1, 0.15) is 31.4 Å². The van der Waals surface area contributed by atoms with Crippen molar-refractivity contribution >= 4 is 15.9 Å². The molecule has 2 N–H and O–H groups in total. The second-order valence-corrected chi connectivity index (χ2v) is 8.22. The average molecular weight is 339 g/mol. The van der Waals surface area contributed by atoms with Gasteiger partial charge < -0.3 is 5.73 Å². The number of carbonyl (C=O) groups excluding carboxylic acids is 1. The molecule has 1 aliphatic rings. The van der Waals surface area contributed by atoms with E-state index in [0.29, 0.717) is 25.9 Å². The molecule has 0 aromatic heterocycles. The molecule has 0 aliphatic carbocycles. The number of piperidine rings is 1. The van der Waals surface area contributed by atoms with Crippen LogP contribution < -0.4 is 5.73 Å². The Morgan fingerprint density at radius 3 is 2.35 bits per heavy atom.